The van der Waals surface area contributed by atoms with Crippen LogP contribution in [0, 0.1) is 17.0 Å². The van der Waals surface area contributed by atoms with Gasteiger partial charge in [0.1, 0.15) is 16.4 Å². The molecule has 0 radical (unpaired) electrons. The molecule has 0 aliphatic carbocycles. The van der Waals surface area contributed by atoms with E-state index in [2.05, 4.69) is 9.97 Å². The molecule has 0 amide bonds. The highest BCUT2D eigenvalue weighted by atomic mass is 32.2. The topological polar surface area (TPSA) is 122 Å². The van der Waals surface area contributed by atoms with Crippen molar-refractivity contribution in [3.05, 3.63) is 80.9 Å². The number of aromatic nitrogens is 2. The zero-order valence-electron chi connectivity index (χ0n) is 15.7. The molecule has 0 aliphatic rings. The van der Waals surface area contributed by atoms with Crippen LogP contribution in [0.4, 0.5) is 5.69 Å². The number of fused-ring (bicyclic) bond motifs is 1. The summed E-state index contributed by atoms with van der Waals surface area (Å²) in [6.07, 6.45) is 1.40. The fourth-order valence-electron chi connectivity index (χ4n) is 2.89. The minimum Gasteiger partial charge on any atom is -0.477 e. The van der Waals surface area contributed by atoms with E-state index in [1.54, 1.807) is 31.2 Å². The number of hydrogen-bond acceptors (Lipinski definition) is 6. The Bertz CT molecular complexity index is 1270. The molecule has 4 rings (SSSR count). The number of aryl methyl sites for hydroxylation is 1. The number of carboxylic acid groups (broad SMARTS) is 1. The molecule has 0 spiro atoms. The number of hydrogen-bond donors (Lipinski definition) is 2. The van der Waals surface area contributed by atoms with Gasteiger partial charge in [0.05, 0.1) is 16.0 Å². The number of nitrogens with one attached hydrogen (secondary N) is 1. The molecule has 30 heavy (non-hydrogen) atoms. The summed E-state index contributed by atoms with van der Waals surface area (Å²) in [7, 11) is 0. The summed E-state index contributed by atoms with van der Waals surface area (Å²) in [5.41, 5.74) is 2.63. The van der Waals surface area contributed by atoms with Crippen molar-refractivity contribution < 1.29 is 19.2 Å². The number of nitro groups is 1. The van der Waals surface area contributed by atoms with Crippen LogP contribution >= 0.6 is 11.8 Å². The lowest BCUT2D eigenvalue weighted by Crippen LogP contribution is -1.96. The van der Waals surface area contributed by atoms with Gasteiger partial charge in [-0.05, 0) is 43.0 Å². The third-order valence-corrected chi connectivity index (χ3v) is 5.27. The van der Waals surface area contributed by atoms with Gasteiger partial charge in [0.2, 0.25) is 0 Å². The molecule has 2 N–H and O–H groups in total. The molecule has 0 bridgehead atoms. The van der Waals surface area contributed by atoms with Crippen molar-refractivity contribution in [1.82, 2.24) is 9.97 Å². The molecular weight excluding hydrogens is 406 g/mol. The summed E-state index contributed by atoms with van der Waals surface area (Å²) in [6.45, 7) is 1.66. The number of benzene rings is 2. The van der Waals surface area contributed by atoms with E-state index in [0.717, 1.165) is 22.8 Å². The molecule has 2 aromatic heterocycles. The Morgan fingerprint density at radius 2 is 2.03 bits per heavy atom. The average Bonchev–Trinajstić information content (AvgIpc) is 3.34. The fraction of sp³-hybridized carbons (Fsp3) is 0.0476. The van der Waals surface area contributed by atoms with Gasteiger partial charge in [0.25, 0.3) is 5.69 Å². The highest BCUT2D eigenvalue weighted by Crippen LogP contribution is 2.31. The Morgan fingerprint density at radius 3 is 2.77 bits per heavy atom. The Hall–Kier alpha value is -3.85. The Labute approximate surface area is 174 Å². The Balaban J connectivity index is 1.63. The fourth-order valence-corrected chi connectivity index (χ4v) is 3.67. The van der Waals surface area contributed by atoms with Crippen LogP contribution in [0.1, 0.15) is 11.3 Å². The van der Waals surface area contributed by atoms with E-state index >= 15 is 0 Å². The van der Waals surface area contributed by atoms with Gasteiger partial charge in [-0.3, -0.25) is 10.1 Å². The average molecular weight is 421 g/mol. The normalized spacial score (nSPS) is 11.7. The van der Waals surface area contributed by atoms with Crippen LogP contribution in [-0.4, -0.2) is 26.0 Å². The highest BCUT2D eigenvalue weighted by Gasteiger charge is 2.16. The summed E-state index contributed by atoms with van der Waals surface area (Å²) in [5, 5.41) is 21.2. The van der Waals surface area contributed by atoms with Crippen molar-refractivity contribution in [1.29, 1.82) is 0 Å². The molecule has 0 atom stereocenters. The first-order chi connectivity index (χ1) is 14.4. The summed E-state index contributed by atoms with van der Waals surface area (Å²) in [6, 6.07) is 15.5. The third-order valence-electron chi connectivity index (χ3n) is 4.38. The molecule has 0 unspecified atom stereocenters. The van der Waals surface area contributed by atoms with E-state index in [-0.39, 0.29) is 10.6 Å². The van der Waals surface area contributed by atoms with Crippen LogP contribution in [0.5, 0.6) is 0 Å². The maximum Gasteiger partial charge on any atom is 0.342 e. The van der Waals surface area contributed by atoms with Gasteiger partial charge < -0.3 is 14.5 Å². The van der Waals surface area contributed by atoms with Crippen LogP contribution in [0.3, 0.4) is 0 Å². The third kappa shape index (κ3) is 3.96. The Kier molecular flexibility index (Phi) is 5.11. The first kappa shape index (κ1) is 19.5. The predicted molar refractivity (Wildman–Crippen MR) is 113 cm³/mol. The number of imidazole rings is 1. The van der Waals surface area contributed by atoms with Crippen LogP contribution in [-0.2, 0) is 4.79 Å². The molecule has 8 nitrogen and oxygen atoms in total. The quantitative estimate of drug-likeness (QED) is 0.188. The van der Waals surface area contributed by atoms with E-state index in [1.165, 1.54) is 12.1 Å². The summed E-state index contributed by atoms with van der Waals surface area (Å²) in [5.74, 6) is -0.401. The standard InChI is InChI=1S/C21H15N3O5S/c1-12-6-7-13(10-17(12)24(27)28)18-9-8-14(29-18)11-19(20(25)26)30-21-22-15-4-2-3-5-16(15)23-21/h2-11H,1H3,(H,22,23)(H,25,26)/b19-11-. The van der Waals surface area contributed by atoms with Crippen molar-refractivity contribution in [3.8, 4) is 11.3 Å². The second-order valence-electron chi connectivity index (χ2n) is 6.44. The highest BCUT2D eigenvalue weighted by molar-refractivity contribution is 8.04. The van der Waals surface area contributed by atoms with Crippen molar-refractivity contribution >= 4 is 40.5 Å². The molecular formula is C21H15N3O5S. The Morgan fingerprint density at radius 1 is 1.23 bits per heavy atom. The SMILES string of the molecule is Cc1ccc(-c2ccc(/C=C(\Sc3nc4ccccc4[nH]3)C(=O)O)o2)cc1[N+](=O)[O-]. The molecule has 2 aromatic carbocycles. The minimum absolute atomic E-state index is 0.00680. The smallest absolute Gasteiger partial charge is 0.342 e. The number of para-hydroxylation sites is 2. The van der Waals surface area contributed by atoms with Crippen LogP contribution in [0.2, 0.25) is 0 Å². The number of nitrogens with zero attached hydrogens (tertiary/aromatic N) is 2. The van der Waals surface area contributed by atoms with E-state index in [4.69, 9.17) is 4.42 Å². The molecule has 0 saturated carbocycles. The van der Waals surface area contributed by atoms with Gasteiger partial charge in [-0.2, -0.15) is 0 Å². The number of carboxylic acids is 1. The van der Waals surface area contributed by atoms with Gasteiger partial charge in [-0.25, -0.2) is 9.78 Å². The van der Waals surface area contributed by atoms with Crippen molar-refractivity contribution in [2.75, 3.05) is 0 Å². The monoisotopic (exact) mass is 421 g/mol. The molecule has 9 heteroatoms. The van der Waals surface area contributed by atoms with E-state index in [9.17, 15) is 20.0 Å². The number of carbonyl (C=O) groups is 1. The number of rotatable bonds is 6. The first-order valence-corrected chi connectivity index (χ1v) is 9.65. The minimum atomic E-state index is -1.12. The zero-order valence-corrected chi connectivity index (χ0v) is 16.5. The number of aromatic amines is 1. The van der Waals surface area contributed by atoms with E-state index in [0.29, 0.717) is 27.8 Å². The number of aliphatic carboxylic acids is 1. The van der Waals surface area contributed by atoms with Gasteiger partial charge in [0, 0.05) is 23.3 Å². The lowest BCUT2D eigenvalue weighted by atomic mass is 10.1. The van der Waals surface area contributed by atoms with E-state index < -0.39 is 10.9 Å². The van der Waals surface area contributed by atoms with Crippen molar-refractivity contribution in [2.45, 2.75) is 12.1 Å². The van der Waals surface area contributed by atoms with Crippen LogP contribution < -0.4 is 0 Å². The molecule has 0 fully saturated rings. The lowest BCUT2D eigenvalue weighted by Gasteiger charge is -2.01. The number of thioether (sulfide) groups is 1. The van der Waals surface area contributed by atoms with Crippen LogP contribution in [0.25, 0.3) is 28.4 Å². The zero-order chi connectivity index (χ0) is 21.3. The number of H-pyrrole nitrogens is 1. The second-order valence-corrected chi connectivity index (χ2v) is 7.47. The van der Waals surface area contributed by atoms with Crippen molar-refractivity contribution in [3.63, 3.8) is 0 Å². The van der Waals surface area contributed by atoms with Gasteiger partial charge in [-0.15, -0.1) is 0 Å². The lowest BCUT2D eigenvalue weighted by molar-refractivity contribution is -0.385. The molecule has 2 heterocycles. The molecule has 150 valence electrons. The largest absolute Gasteiger partial charge is 0.477 e. The summed E-state index contributed by atoms with van der Waals surface area (Å²) in [4.78, 5) is 29.9. The molecule has 4 aromatic rings. The van der Waals surface area contributed by atoms with E-state index in [1.807, 2.05) is 24.3 Å². The van der Waals surface area contributed by atoms with Crippen LogP contribution in [0.15, 0.2) is 69.1 Å². The predicted octanol–water partition coefficient (Wildman–Crippen LogP) is 5.26. The first-order valence-electron chi connectivity index (χ1n) is 8.83. The number of nitro benzene ring substituents is 1. The van der Waals surface area contributed by atoms with Gasteiger partial charge in [-0.1, -0.05) is 24.3 Å². The molecule has 0 saturated heterocycles. The number of furan rings is 1. The maximum absolute atomic E-state index is 11.7. The van der Waals surface area contributed by atoms with Crippen molar-refractivity contribution in [2.24, 2.45) is 0 Å². The summed E-state index contributed by atoms with van der Waals surface area (Å²) >= 11 is 0.976. The van der Waals surface area contributed by atoms with Gasteiger partial charge >= 0.3 is 5.97 Å². The summed E-state index contributed by atoms with van der Waals surface area (Å²) < 4.78 is 5.72. The molecule has 0 aliphatic heterocycles. The van der Waals surface area contributed by atoms with Gasteiger partial charge in [0.15, 0.2) is 5.16 Å². The maximum atomic E-state index is 11.7. The second kappa shape index (κ2) is 7.88.